The first-order chi connectivity index (χ1) is 8.86. The zero-order valence-corrected chi connectivity index (χ0v) is 11.1. The van der Waals surface area contributed by atoms with Crippen LogP contribution < -0.4 is 4.68 Å². The van der Waals surface area contributed by atoms with Crippen molar-refractivity contribution < 1.29 is 4.68 Å². The summed E-state index contributed by atoms with van der Waals surface area (Å²) in [6, 6.07) is 20.2. The van der Waals surface area contributed by atoms with Crippen LogP contribution >= 0.6 is 11.5 Å². The van der Waals surface area contributed by atoms with E-state index in [4.69, 9.17) is 12.6 Å². The fraction of sp³-hybridized carbons (Fsp3) is 0. The van der Waals surface area contributed by atoms with Crippen LogP contribution in [0.1, 0.15) is 0 Å². The summed E-state index contributed by atoms with van der Waals surface area (Å²) in [5.74, 6) is 0. The predicted octanol–water partition coefficient (Wildman–Crippen LogP) is 2.99. The Balaban J connectivity index is 2.19. The molecule has 0 radical (unpaired) electrons. The lowest BCUT2D eigenvalue weighted by molar-refractivity contribution is -0.641. The normalized spacial score (nSPS) is 10.4. The van der Waals surface area contributed by atoms with Gasteiger partial charge in [0.15, 0.2) is 0 Å². The zero-order chi connectivity index (χ0) is 12.4. The molecule has 0 unspecified atom stereocenters. The molecule has 0 bridgehead atoms. The van der Waals surface area contributed by atoms with E-state index in [1.807, 2.05) is 53.2 Å². The molecule has 18 heavy (non-hydrogen) atoms. The number of aromatic nitrogens is 2. The maximum Gasteiger partial charge on any atom is 0.237 e. The summed E-state index contributed by atoms with van der Waals surface area (Å²) >= 11 is 6.74. The summed E-state index contributed by atoms with van der Waals surface area (Å²) < 4.78 is 7.13. The summed E-state index contributed by atoms with van der Waals surface area (Å²) in [5, 5.41) is 0. The lowest BCUT2D eigenvalue weighted by Crippen LogP contribution is -2.34. The molecule has 0 amide bonds. The van der Waals surface area contributed by atoms with Crippen LogP contribution in [0.5, 0.6) is 0 Å². The maximum atomic E-state index is 5.39. The molecule has 1 heterocycles. The van der Waals surface area contributed by atoms with Crippen molar-refractivity contribution in [2.45, 2.75) is 4.21 Å². The van der Waals surface area contributed by atoms with Crippen LogP contribution in [-0.2, 0) is 12.6 Å². The van der Waals surface area contributed by atoms with Crippen molar-refractivity contribution in [1.29, 1.82) is 0 Å². The monoisotopic (exact) mass is 270 g/mol. The van der Waals surface area contributed by atoms with E-state index < -0.39 is 0 Å². The van der Waals surface area contributed by atoms with Crippen molar-refractivity contribution in [3.63, 3.8) is 0 Å². The molecule has 0 saturated carbocycles. The standard InChI is InChI=1S/C14H10N2S2/c17-14-13(11-7-3-1-4-8-11)16(15-18-14)12-9-5-2-6-10-12/h1-10H. The fourth-order valence-electron chi connectivity index (χ4n) is 1.83. The molecule has 4 heteroatoms. The van der Waals surface area contributed by atoms with E-state index >= 15 is 0 Å². The van der Waals surface area contributed by atoms with Crippen LogP contribution in [0.2, 0.25) is 0 Å². The van der Waals surface area contributed by atoms with E-state index in [1.54, 1.807) is 0 Å². The molecule has 0 aliphatic rings. The molecule has 0 atom stereocenters. The number of hydrogen-bond acceptors (Lipinski definition) is 3. The quantitative estimate of drug-likeness (QED) is 0.526. The molecule has 3 aromatic rings. The molecule has 0 aliphatic heterocycles. The highest BCUT2D eigenvalue weighted by Gasteiger charge is 2.18. The van der Waals surface area contributed by atoms with Crippen molar-refractivity contribution in [2.24, 2.45) is 0 Å². The van der Waals surface area contributed by atoms with Crippen LogP contribution in [0, 0.1) is 0 Å². The minimum atomic E-state index is 0.810. The van der Waals surface area contributed by atoms with Crippen molar-refractivity contribution in [2.75, 3.05) is 0 Å². The second-order valence-electron chi connectivity index (χ2n) is 3.82. The number of rotatable bonds is 2. The van der Waals surface area contributed by atoms with Crippen molar-refractivity contribution >= 4 is 24.2 Å². The molecular formula is C14H10N2S2. The topological polar surface area (TPSA) is 16.8 Å². The van der Waals surface area contributed by atoms with E-state index in [0.717, 1.165) is 21.2 Å². The van der Waals surface area contributed by atoms with Gasteiger partial charge in [-0.05, 0) is 20.8 Å². The Morgan fingerprint density at radius 3 is 2.17 bits per heavy atom. The van der Waals surface area contributed by atoms with Crippen LogP contribution in [-0.4, -0.2) is 4.49 Å². The van der Waals surface area contributed by atoms with Gasteiger partial charge in [-0.25, -0.2) is 0 Å². The molecule has 0 N–H and O–H groups in total. The summed E-state index contributed by atoms with van der Waals surface area (Å²) in [7, 11) is 0. The lowest BCUT2D eigenvalue weighted by atomic mass is 10.2. The summed E-state index contributed by atoms with van der Waals surface area (Å²) in [6.07, 6.45) is 0. The minimum Gasteiger partial charge on any atom is -0.420 e. The van der Waals surface area contributed by atoms with Gasteiger partial charge < -0.3 is 12.6 Å². The van der Waals surface area contributed by atoms with Gasteiger partial charge in [0.2, 0.25) is 11.4 Å². The maximum absolute atomic E-state index is 5.39. The Bertz CT molecular complexity index is 648. The van der Waals surface area contributed by atoms with Crippen LogP contribution in [0.3, 0.4) is 0 Å². The van der Waals surface area contributed by atoms with Gasteiger partial charge in [0.25, 0.3) is 0 Å². The number of para-hydroxylation sites is 1. The largest absolute Gasteiger partial charge is 0.420 e. The van der Waals surface area contributed by atoms with Gasteiger partial charge in [-0.1, -0.05) is 41.1 Å². The smallest absolute Gasteiger partial charge is 0.237 e. The minimum absolute atomic E-state index is 0.810. The molecule has 2 aromatic carbocycles. The highest BCUT2D eigenvalue weighted by molar-refractivity contribution is 7.62. The summed E-state index contributed by atoms with van der Waals surface area (Å²) in [6.45, 7) is 0. The average Bonchev–Trinajstić information content (AvgIpc) is 2.83. The Labute approximate surface area is 115 Å². The van der Waals surface area contributed by atoms with Crippen molar-refractivity contribution in [3.05, 3.63) is 60.7 Å². The van der Waals surface area contributed by atoms with Crippen LogP contribution in [0.15, 0.2) is 64.9 Å². The molecule has 0 spiro atoms. The molecule has 2 nitrogen and oxygen atoms in total. The lowest BCUT2D eigenvalue weighted by Gasteiger charge is -1.99. The molecule has 0 saturated heterocycles. The highest BCUT2D eigenvalue weighted by Crippen LogP contribution is 2.23. The first kappa shape index (κ1) is 11.3. The third-order valence-corrected chi connectivity index (χ3v) is 3.68. The van der Waals surface area contributed by atoms with Crippen molar-refractivity contribution in [1.82, 2.24) is 4.49 Å². The Hall–Kier alpha value is -1.78. The van der Waals surface area contributed by atoms with E-state index in [9.17, 15) is 0 Å². The van der Waals surface area contributed by atoms with Gasteiger partial charge in [0.05, 0.1) is 0 Å². The fourth-order valence-corrected chi connectivity index (χ4v) is 2.76. The second-order valence-corrected chi connectivity index (χ2v) is 5.24. The number of nitrogens with zero attached hydrogens (tertiary/aromatic N) is 2. The second kappa shape index (κ2) is 4.84. The first-order valence-corrected chi connectivity index (χ1v) is 6.74. The van der Waals surface area contributed by atoms with Gasteiger partial charge in [-0.15, -0.1) is 0 Å². The van der Waals surface area contributed by atoms with Gasteiger partial charge in [0, 0.05) is 17.7 Å². The Morgan fingerprint density at radius 2 is 1.50 bits per heavy atom. The Morgan fingerprint density at radius 1 is 0.889 bits per heavy atom. The number of benzene rings is 2. The van der Waals surface area contributed by atoms with E-state index in [1.165, 1.54) is 11.5 Å². The molecule has 3 rings (SSSR count). The third-order valence-electron chi connectivity index (χ3n) is 2.66. The van der Waals surface area contributed by atoms with Crippen molar-refractivity contribution in [3.8, 4) is 16.9 Å². The summed E-state index contributed by atoms with van der Waals surface area (Å²) in [4.78, 5) is 0. The number of hydrogen-bond donors (Lipinski definition) is 0. The van der Waals surface area contributed by atoms with Gasteiger partial charge >= 0.3 is 0 Å². The predicted molar refractivity (Wildman–Crippen MR) is 74.7 cm³/mol. The third kappa shape index (κ3) is 2.00. The SMILES string of the molecule is [S-]c1sn[n+](-c2ccccc2)c1-c1ccccc1. The molecule has 1 aromatic heterocycles. The molecule has 88 valence electrons. The van der Waals surface area contributed by atoms with E-state index in [-0.39, 0.29) is 0 Å². The zero-order valence-electron chi connectivity index (χ0n) is 9.48. The molecule has 0 fully saturated rings. The van der Waals surface area contributed by atoms with E-state index in [0.29, 0.717) is 0 Å². The summed E-state index contributed by atoms with van der Waals surface area (Å²) in [5.41, 5.74) is 3.12. The van der Waals surface area contributed by atoms with Crippen LogP contribution in [0.25, 0.3) is 16.9 Å². The Kier molecular flexibility index (Phi) is 3.04. The first-order valence-electron chi connectivity index (χ1n) is 5.56. The van der Waals surface area contributed by atoms with Gasteiger partial charge in [-0.2, -0.15) is 11.5 Å². The van der Waals surface area contributed by atoms with Gasteiger partial charge in [0.1, 0.15) is 0 Å². The molecular weight excluding hydrogens is 260 g/mol. The van der Waals surface area contributed by atoms with E-state index in [2.05, 4.69) is 16.6 Å². The van der Waals surface area contributed by atoms with Crippen LogP contribution in [0.4, 0.5) is 0 Å². The van der Waals surface area contributed by atoms with Gasteiger partial charge in [-0.3, -0.25) is 0 Å². The average molecular weight is 270 g/mol. The highest BCUT2D eigenvalue weighted by atomic mass is 32.2. The molecule has 0 aliphatic carbocycles.